The molecule has 28 heavy (non-hydrogen) atoms. The van der Waals surface area contributed by atoms with Gasteiger partial charge in [0.05, 0.1) is 18.4 Å². The van der Waals surface area contributed by atoms with Crippen molar-refractivity contribution in [1.29, 1.82) is 0 Å². The van der Waals surface area contributed by atoms with E-state index in [2.05, 4.69) is 20.4 Å². The minimum absolute atomic E-state index is 0.0409. The molecule has 0 unspecified atom stereocenters. The largest absolute Gasteiger partial charge is 0.348 e. The van der Waals surface area contributed by atoms with Crippen molar-refractivity contribution < 1.29 is 9.18 Å². The molecule has 0 saturated carbocycles. The molecule has 2 aromatic heterocycles. The van der Waals surface area contributed by atoms with E-state index in [9.17, 15) is 9.18 Å². The van der Waals surface area contributed by atoms with Gasteiger partial charge in [-0.25, -0.2) is 9.37 Å². The van der Waals surface area contributed by atoms with Crippen molar-refractivity contribution in [3.63, 3.8) is 0 Å². The maximum atomic E-state index is 14.1. The van der Waals surface area contributed by atoms with Crippen molar-refractivity contribution in [1.82, 2.24) is 19.7 Å². The number of halogens is 1. The predicted molar refractivity (Wildman–Crippen MR) is 104 cm³/mol. The van der Waals surface area contributed by atoms with Crippen LogP contribution in [0.4, 0.5) is 16.2 Å². The molecule has 0 spiro atoms. The van der Waals surface area contributed by atoms with Gasteiger partial charge < -0.3 is 5.32 Å². The standard InChI is InChI=1S/C20H21FN6O/c1-13(14-5-7-15(8-6-14)16-10-23-26(2)12-16)24-20-22-11-17(21)19(25-20)27-9-3-4-18(27)28/h5-8,10-13H,3-4,9H2,1-2H3,(H,22,24,25)/t13-/m0/s1. The number of aryl methyl sites for hydroxylation is 1. The topological polar surface area (TPSA) is 75.9 Å². The molecule has 1 atom stereocenters. The molecule has 1 fully saturated rings. The van der Waals surface area contributed by atoms with Crippen molar-refractivity contribution in [3.8, 4) is 11.1 Å². The normalized spacial score (nSPS) is 15.1. The summed E-state index contributed by atoms with van der Waals surface area (Å²) in [6.07, 6.45) is 6.03. The number of carbonyl (C=O) groups is 1. The van der Waals surface area contributed by atoms with Gasteiger partial charge >= 0.3 is 0 Å². The molecule has 1 N–H and O–H groups in total. The van der Waals surface area contributed by atoms with Gasteiger partial charge in [0.1, 0.15) is 0 Å². The fourth-order valence-corrected chi connectivity index (χ4v) is 3.30. The minimum atomic E-state index is -0.589. The van der Waals surface area contributed by atoms with E-state index >= 15 is 0 Å². The first-order valence-corrected chi connectivity index (χ1v) is 9.19. The van der Waals surface area contributed by atoms with Crippen LogP contribution in [0.1, 0.15) is 31.4 Å². The summed E-state index contributed by atoms with van der Waals surface area (Å²) in [5, 5.41) is 7.37. The van der Waals surface area contributed by atoms with Crippen LogP contribution in [0.15, 0.2) is 42.9 Å². The summed E-state index contributed by atoms with van der Waals surface area (Å²) in [6, 6.07) is 8.02. The number of hydrogen-bond acceptors (Lipinski definition) is 5. The number of amides is 1. The van der Waals surface area contributed by atoms with Crippen LogP contribution in [0.3, 0.4) is 0 Å². The molecular formula is C20H21FN6O. The van der Waals surface area contributed by atoms with E-state index in [0.717, 1.165) is 22.9 Å². The number of nitrogens with one attached hydrogen (secondary N) is 1. The van der Waals surface area contributed by atoms with E-state index in [0.29, 0.717) is 25.3 Å². The summed E-state index contributed by atoms with van der Waals surface area (Å²) in [5.41, 5.74) is 3.17. The number of benzene rings is 1. The third-order valence-electron chi connectivity index (χ3n) is 4.85. The van der Waals surface area contributed by atoms with Crippen molar-refractivity contribution in [2.75, 3.05) is 16.8 Å². The van der Waals surface area contributed by atoms with Gasteiger partial charge in [-0.3, -0.25) is 14.4 Å². The van der Waals surface area contributed by atoms with Crippen LogP contribution in [-0.4, -0.2) is 32.2 Å². The van der Waals surface area contributed by atoms with Crippen molar-refractivity contribution >= 4 is 17.7 Å². The number of hydrogen-bond donors (Lipinski definition) is 1. The molecule has 1 amide bonds. The maximum absolute atomic E-state index is 14.1. The minimum Gasteiger partial charge on any atom is -0.348 e. The van der Waals surface area contributed by atoms with Gasteiger partial charge in [-0.1, -0.05) is 24.3 Å². The molecule has 1 aromatic carbocycles. The molecule has 1 aliphatic heterocycles. The molecule has 0 radical (unpaired) electrons. The van der Waals surface area contributed by atoms with Crippen LogP contribution >= 0.6 is 0 Å². The number of anilines is 2. The van der Waals surface area contributed by atoms with E-state index in [1.54, 1.807) is 4.68 Å². The Bertz CT molecular complexity index is 1000. The van der Waals surface area contributed by atoms with Crippen LogP contribution in [0, 0.1) is 5.82 Å². The fourth-order valence-electron chi connectivity index (χ4n) is 3.30. The Labute approximate surface area is 162 Å². The molecule has 0 bridgehead atoms. The first kappa shape index (κ1) is 18.1. The lowest BCUT2D eigenvalue weighted by Gasteiger charge is -2.18. The predicted octanol–water partition coefficient (Wildman–Crippen LogP) is 3.32. The molecular weight excluding hydrogens is 359 g/mol. The Balaban J connectivity index is 1.50. The Morgan fingerprint density at radius 3 is 2.61 bits per heavy atom. The monoisotopic (exact) mass is 380 g/mol. The summed E-state index contributed by atoms with van der Waals surface area (Å²) in [5.74, 6) is -0.365. The van der Waals surface area contributed by atoms with Gasteiger partial charge in [0, 0.05) is 31.8 Å². The third-order valence-corrected chi connectivity index (χ3v) is 4.85. The second-order valence-corrected chi connectivity index (χ2v) is 6.90. The van der Waals surface area contributed by atoms with E-state index in [-0.39, 0.29) is 17.8 Å². The summed E-state index contributed by atoms with van der Waals surface area (Å²) < 4.78 is 15.9. The molecule has 1 saturated heterocycles. The summed E-state index contributed by atoms with van der Waals surface area (Å²) in [7, 11) is 1.89. The zero-order valence-corrected chi connectivity index (χ0v) is 15.8. The maximum Gasteiger partial charge on any atom is 0.228 e. The van der Waals surface area contributed by atoms with Crippen molar-refractivity contribution in [2.24, 2.45) is 7.05 Å². The first-order valence-electron chi connectivity index (χ1n) is 9.19. The van der Waals surface area contributed by atoms with E-state index in [4.69, 9.17) is 0 Å². The third kappa shape index (κ3) is 3.58. The van der Waals surface area contributed by atoms with Crippen molar-refractivity contribution in [2.45, 2.75) is 25.8 Å². The van der Waals surface area contributed by atoms with Crippen LogP contribution < -0.4 is 10.2 Å². The van der Waals surface area contributed by atoms with Crippen LogP contribution in [0.2, 0.25) is 0 Å². The van der Waals surface area contributed by atoms with E-state index in [1.165, 1.54) is 4.90 Å². The SMILES string of the molecule is C[C@H](Nc1ncc(F)c(N2CCCC2=O)n1)c1ccc(-c2cnn(C)c2)cc1. The number of aromatic nitrogens is 4. The number of rotatable bonds is 5. The highest BCUT2D eigenvalue weighted by Gasteiger charge is 2.26. The van der Waals surface area contributed by atoms with Crippen LogP contribution in [0.25, 0.3) is 11.1 Å². The highest BCUT2D eigenvalue weighted by molar-refractivity contribution is 5.94. The molecule has 3 aromatic rings. The summed E-state index contributed by atoms with van der Waals surface area (Å²) in [4.78, 5) is 21.5. The van der Waals surface area contributed by atoms with Crippen LogP contribution in [-0.2, 0) is 11.8 Å². The first-order chi connectivity index (χ1) is 13.5. The molecule has 1 aliphatic rings. The van der Waals surface area contributed by atoms with E-state index < -0.39 is 5.82 Å². The smallest absolute Gasteiger partial charge is 0.228 e. The average Bonchev–Trinajstić information content (AvgIpc) is 3.32. The molecule has 3 heterocycles. The lowest BCUT2D eigenvalue weighted by molar-refractivity contribution is -0.117. The second-order valence-electron chi connectivity index (χ2n) is 6.90. The molecule has 144 valence electrons. The Morgan fingerprint density at radius 1 is 1.18 bits per heavy atom. The van der Waals surface area contributed by atoms with Gasteiger partial charge in [0.2, 0.25) is 11.9 Å². The average molecular weight is 380 g/mol. The Hall–Kier alpha value is -3.29. The van der Waals surface area contributed by atoms with Gasteiger partial charge in [-0.15, -0.1) is 0 Å². The highest BCUT2D eigenvalue weighted by Crippen LogP contribution is 2.26. The molecule has 7 nitrogen and oxygen atoms in total. The molecule has 0 aliphatic carbocycles. The van der Waals surface area contributed by atoms with Crippen molar-refractivity contribution in [3.05, 3.63) is 54.2 Å². The number of nitrogens with zero attached hydrogens (tertiary/aromatic N) is 5. The van der Waals surface area contributed by atoms with Gasteiger partial charge in [0.15, 0.2) is 11.6 Å². The number of carbonyl (C=O) groups excluding carboxylic acids is 1. The zero-order chi connectivity index (χ0) is 19.7. The second kappa shape index (κ2) is 7.38. The zero-order valence-electron chi connectivity index (χ0n) is 15.8. The molecule has 4 rings (SSSR count). The summed E-state index contributed by atoms with van der Waals surface area (Å²) >= 11 is 0. The Morgan fingerprint density at radius 2 is 1.96 bits per heavy atom. The molecule has 8 heteroatoms. The van der Waals surface area contributed by atoms with Gasteiger partial charge in [-0.2, -0.15) is 10.1 Å². The van der Waals surface area contributed by atoms with Gasteiger partial charge in [0.25, 0.3) is 0 Å². The quantitative estimate of drug-likeness (QED) is 0.735. The van der Waals surface area contributed by atoms with E-state index in [1.807, 2.05) is 50.6 Å². The highest BCUT2D eigenvalue weighted by atomic mass is 19.1. The Kier molecular flexibility index (Phi) is 4.77. The van der Waals surface area contributed by atoms with Crippen LogP contribution in [0.5, 0.6) is 0 Å². The fraction of sp³-hybridized carbons (Fsp3) is 0.300. The van der Waals surface area contributed by atoms with Gasteiger partial charge in [-0.05, 0) is 24.5 Å². The lowest BCUT2D eigenvalue weighted by atomic mass is 10.0. The lowest BCUT2D eigenvalue weighted by Crippen LogP contribution is -2.26. The summed E-state index contributed by atoms with van der Waals surface area (Å²) in [6.45, 7) is 2.46.